The summed E-state index contributed by atoms with van der Waals surface area (Å²) < 4.78 is 1.82. The van der Waals surface area contributed by atoms with Crippen molar-refractivity contribution in [3.8, 4) is 0 Å². The van der Waals surface area contributed by atoms with Gasteiger partial charge in [0.25, 0.3) is 0 Å². The number of allylic oxidation sites excluding steroid dienone is 2. The first-order valence-corrected chi connectivity index (χ1v) is 8.63. The minimum absolute atomic E-state index is 0.123. The van der Waals surface area contributed by atoms with Crippen LogP contribution in [0.5, 0.6) is 0 Å². The second kappa shape index (κ2) is 5.91. The topological polar surface area (TPSA) is 53.4 Å². The Hall–Kier alpha value is -1.98. The molecule has 2 aliphatic heterocycles. The molecule has 0 spiro atoms. The van der Waals surface area contributed by atoms with Gasteiger partial charge in [-0.05, 0) is 31.1 Å². The van der Waals surface area contributed by atoms with Crippen molar-refractivity contribution < 1.29 is 4.79 Å². The summed E-state index contributed by atoms with van der Waals surface area (Å²) in [6, 6.07) is 0.362. The number of carbonyl (C=O) groups is 1. The summed E-state index contributed by atoms with van der Waals surface area (Å²) in [6.07, 6.45) is 11.7. The van der Waals surface area contributed by atoms with Crippen molar-refractivity contribution >= 4 is 11.7 Å². The Morgan fingerprint density at radius 1 is 1.22 bits per heavy atom. The van der Waals surface area contributed by atoms with E-state index in [0.717, 1.165) is 51.1 Å². The van der Waals surface area contributed by atoms with Gasteiger partial charge in [-0.15, -0.1) is 0 Å². The molecule has 124 valence electrons. The highest BCUT2D eigenvalue weighted by molar-refractivity contribution is 5.75. The molecule has 4 rings (SSSR count). The zero-order valence-electron chi connectivity index (χ0n) is 13.7. The summed E-state index contributed by atoms with van der Waals surface area (Å²) in [4.78, 5) is 16.9. The second-order valence-corrected chi connectivity index (χ2v) is 7.12. The highest BCUT2D eigenvalue weighted by atomic mass is 16.2. The average Bonchev–Trinajstić information content (AvgIpc) is 3.25. The van der Waals surface area contributed by atoms with Crippen LogP contribution in [0.2, 0.25) is 0 Å². The van der Waals surface area contributed by atoms with Gasteiger partial charge in [0.1, 0.15) is 0 Å². The van der Waals surface area contributed by atoms with E-state index in [1.165, 1.54) is 0 Å². The van der Waals surface area contributed by atoms with E-state index in [2.05, 4.69) is 27.5 Å². The van der Waals surface area contributed by atoms with E-state index in [4.69, 9.17) is 0 Å². The molecule has 3 aliphatic rings. The molecule has 0 bridgehead atoms. The molecule has 6 nitrogen and oxygen atoms in total. The number of urea groups is 1. The summed E-state index contributed by atoms with van der Waals surface area (Å²) in [7, 11) is 1.93. The van der Waals surface area contributed by atoms with Gasteiger partial charge in [-0.1, -0.05) is 12.2 Å². The Morgan fingerprint density at radius 3 is 2.61 bits per heavy atom. The summed E-state index contributed by atoms with van der Waals surface area (Å²) in [5.41, 5.74) is 1.14. The molecule has 1 aliphatic carbocycles. The van der Waals surface area contributed by atoms with Crippen LogP contribution in [-0.2, 0) is 7.05 Å². The quantitative estimate of drug-likeness (QED) is 0.844. The lowest BCUT2D eigenvalue weighted by Gasteiger charge is -2.21. The number of likely N-dealkylation sites (tertiary alicyclic amines) is 1. The normalized spacial score (nSPS) is 29.9. The van der Waals surface area contributed by atoms with Gasteiger partial charge < -0.3 is 15.1 Å². The molecule has 3 heterocycles. The predicted octanol–water partition coefficient (Wildman–Crippen LogP) is 1.61. The number of aryl methyl sites for hydroxylation is 1. The molecule has 2 amide bonds. The fraction of sp³-hybridized carbons (Fsp3) is 0.647. The summed E-state index contributed by atoms with van der Waals surface area (Å²) in [6.45, 7) is 3.69. The van der Waals surface area contributed by atoms with Gasteiger partial charge in [0, 0.05) is 45.5 Å². The Bertz CT molecular complexity index is 594. The third kappa shape index (κ3) is 2.94. The van der Waals surface area contributed by atoms with Crippen LogP contribution in [0.3, 0.4) is 0 Å². The third-order valence-electron chi connectivity index (χ3n) is 5.48. The fourth-order valence-corrected chi connectivity index (χ4v) is 4.13. The Balaban J connectivity index is 1.30. The van der Waals surface area contributed by atoms with Crippen LogP contribution in [-0.4, -0.2) is 52.9 Å². The molecule has 1 N–H and O–H groups in total. The molecule has 3 atom stereocenters. The molecule has 2 fully saturated rings. The van der Waals surface area contributed by atoms with Crippen LogP contribution in [0.25, 0.3) is 0 Å². The SMILES string of the molecule is Cn1cc(N2CCC(NC(=O)N3CC4CC=CCC4C3)C2)cn1. The van der Waals surface area contributed by atoms with E-state index >= 15 is 0 Å². The van der Waals surface area contributed by atoms with Crippen molar-refractivity contribution in [2.75, 3.05) is 31.1 Å². The number of nitrogens with zero attached hydrogens (tertiary/aromatic N) is 4. The van der Waals surface area contributed by atoms with E-state index in [1.807, 2.05) is 29.0 Å². The zero-order valence-corrected chi connectivity index (χ0v) is 13.7. The Morgan fingerprint density at radius 2 is 1.96 bits per heavy atom. The highest BCUT2D eigenvalue weighted by Gasteiger charge is 2.36. The van der Waals surface area contributed by atoms with Gasteiger partial charge in [0.2, 0.25) is 0 Å². The average molecular weight is 315 g/mol. The monoisotopic (exact) mass is 315 g/mol. The van der Waals surface area contributed by atoms with Gasteiger partial charge in [-0.25, -0.2) is 4.79 Å². The molecule has 0 saturated carbocycles. The number of fused-ring (bicyclic) bond motifs is 1. The standard InChI is InChI=1S/C17H25N5O/c1-20-12-16(8-18-20)21-7-6-15(11-21)19-17(23)22-9-13-4-2-3-5-14(13)10-22/h2-3,8,12-15H,4-7,9-11H2,1H3,(H,19,23). The highest BCUT2D eigenvalue weighted by Crippen LogP contribution is 2.32. The first-order valence-electron chi connectivity index (χ1n) is 8.63. The van der Waals surface area contributed by atoms with Gasteiger partial charge in [-0.2, -0.15) is 5.10 Å². The number of nitrogens with one attached hydrogen (secondary N) is 1. The lowest BCUT2D eigenvalue weighted by Crippen LogP contribution is -2.45. The largest absolute Gasteiger partial charge is 0.367 e. The molecule has 6 heteroatoms. The third-order valence-corrected chi connectivity index (χ3v) is 5.48. The number of hydrogen-bond acceptors (Lipinski definition) is 3. The molecular weight excluding hydrogens is 290 g/mol. The maximum absolute atomic E-state index is 12.6. The van der Waals surface area contributed by atoms with E-state index in [1.54, 1.807) is 0 Å². The minimum atomic E-state index is 0.123. The predicted molar refractivity (Wildman–Crippen MR) is 89.3 cm³/mol. The van der Waals surface area contributed by atoms with Crippen molar-refractivity contribution in [3.05, 3.63) is 24.5 Å². The number of aromatic nitrogens is 2. The molecule has 1 aromatic rings. The van der Waals surface area contributed by atoms with Crippen molar-refractivity contribution in [3.63, 3.8) is 0 Å². The summed E-state index contributed by atoms with van der Waals surface area (Å²) in [5, 5.41) is 7.46. The first-order chi connectivity index (χ1) is 11.2. The Kier molecular flexibility index (Phi) is 3.75. The van der Waals surface area contributed by atoms with Crippen LogP contribution >= 0.6 is 0 Å². The van der Waals surface area contributed by atoms with Crippen LogP contribution in [0.1, 0.15) is 19.3 Å². The molecule has 0 radical (unpaired) electrons. The van der Waals surface area contributed by atoms with Crippen molar-refractivity contribution in [2.45, 2.75) is 25.3 Å². The van der Waals surface area contributed by atoms with Gasteiger partial charge in [-0.3, -0.25) is 4.68 Å². The Labute approximate surface area is 137 Å². The first kappa shape index (κ1) is 14.6. The molecule has 1 aromatic heterocycles. The maximum Gasteiger partial charge on any atom is 0.317 e. The number of hydrogen-bond donors (Lipinski definition) is 1. The number of amides is 2. The molecule has 3 unspecified atom stereocenters. The minimum Gasteiger partial charge on any atom is -0.367 e. The van der Waals surface area contributed by atoms with Crippen LogP contribution in [0.15, 0.2) is 24.5 Å². The number of carbonyl (C=O) groups excluding carboxylic acids is 1. The molecule has 23 heavy (non-hydrogen) atoms. The van der Waals surface area contributed by atoms with Crippen molar-refractivity contribution in [1.82, 2.24) is 20.0 Å². The van der Waals surface area contributed by atoms with E-state index < -0.39 is 0 Å². The number of anilines is 1. The lowest BCUT2D eigenvalue weighted by molar-refractivity contribution is 0.203. The van der Waals surface area contributed by atoms with E-state index in [0.29, 0.717) is 11.8 Å². The lowest BCUT2D eigenvalue weighted by atomic mass is 9.86. The van der Waals surface area contributed by atoms with Crippen LogP contribution < -0.4 is 10.2 Å². The van der Waals surface area contributed by atoms with Crippen molar-refractivity contribution in [1.29, 1.82) is 0 Å². The van der Waals surface area contributed by atoms with Crippen molar-refractivity contribution in [2.24, 2.45) is 18.9 Å². The number of rotatable bonds is 2. The fourth-order valence-electron chi connectivity index (χ4n) is 4.13. The second-order valence-electron chi connectivity index (χ2n) is 7.12. The van der Waals surface area contributed by atoms with Gasteiger partial charge in [0.15, 0.2) is 0 Å². The van der Waals surface area contributed by atoms with E-state index in [9.17, 15) is 4.79 Å². The van der Waals surface area contributed by atoms with Crippen LogP contribution in [0.4, 0.5) is 10.5 Å². The van der Waals surface area contributed by atoms with Gasteiger partial charge in [0.05, 0.1) is 11.9 Å². The van der Waals surface area contributed by atoms with Crippen LogP contribution in [0, 0.1) is 11.8 Å². The zero-order chi connectivity index (χ0) is 15.8. The summed E-state index contributed by atoms with van der Waals surface area (Å²) in [5.74, 6) is 1.34. The molecular formula is C17H25N5O. The molecule has 0 aromatic carbocycles. The molecule has 2 saturated heterocycles. The maximum atomic E-state index is 12.6. The summed E-state index contributed by atoms with van der Waals surface area (Å²) >= 11 is 0. The van der Waals surface area contributed by atoms with Gasteiger partial charge >= 0.3 is 6.03 Å². The van der Waals surface area contributed by atoms with E-state index in [-0.39, 0.29) is 12.1 Å². The smallest absolute Gasteiger partial charge is 0.317 e.